The van der Waals surface area contributed by atoms with E-state index in [1.54, 1.807) is 26.1 Å². The fraction of sp³-hybridized carbons (Fsp3) is 0.360. The Morgan fingerprint density at radius 3 is 2.70 bits per heavy atom. The molecule has 7 nitrogen and oxygen atoms in total. The number of pyridine rings is 1. The van der Waals surface area contributed by atoms with Gasteiger partial charge in [-0.3, -0.25) is 4.98 Å². The van der Waals surface area contributed by atoms with Crippen molar-refractivity contribution in [1.29, 1.82) is 0 Å². The maximum absolute atomic E-state index is 14.3. The summed E-state index contributed by atoms with van der Waals surface area (Å²) in [5.41, 5.74) is 6.62. The lowest BCUT2D eigenvalue weighted by atomic mass is 10.1. The Kier molecular flexibility index (Phi) is 7.79. The van der Waals surface area contributed by atoms with Gasteiger partial charge in [-0.05, 0) is 78.9 Å². The Hall–Kier alpha value is -3.12. The highest BCUT2D eigenvalue weighted by Gasteiger charge is 2.35. The Labute approximate surface area is 220 Å². The fourth-order valence-corrected chi connectivity index (χ4v) is 4.23. The van der Waals surface area contributed by atoms with Gasteiger partial charge >= 0.3 is 6.18 Å². The molecule has 1 fully saturated rings. The minimum Gasteiger partial charge on any atom is -0.484 e. The van der Waals surface area contributed by atoms with Crippen molar-refractivity contribution in [2.24, 2.45) is 17.5 Å². The van der Waals surface area contributed by atoms with Gasteiger partial charge in [0, 0.05) is 41.1 Å². The maximum Gasteiger partial charge on any atom is 0.435 e. The Morgan fingerprint density at radius 2 is 2.03 bits per heavy atom. The van der Waals surface area contributed by atoms with Crippen LogP contribution < -0.4 is 16.3 Å². The van der Waals surface area contributed by atoms with Gasteiger partial charge in [-0.25, -0.2) is 14.9 Å². The first kappa shape index (κ1) is 26.9. The molecule has 4 rings (SSSR count). The first-order valence-electron chi connectivity index (χ1n) is 11.6. The molecule has 1 aromatic carbocycles. The fourth-order valence-electron chi connectivity index (χ4n) is 3.92. The molecule has 2 heterocycles. The van der Waals surface area contributed by atoms with Crippen molar-refractivity contribution in [2.75, 3.05) is 6.54 Å². The molecule has 198 valence electrons. The lowest BCUT2D eigenvalue weighted by Gasteiger charge is -2.21. The van der Waals surface area contributed by atoms with E-state index in [0.29, 0.717) is 33.9 Å². The van der Waals surface area contributed by atoms with Gasteiger partial charge in [0.05, 0.1) is 17.1 Å². The van der Waals surface area contributed by atoms with Gasteiger partial charge in [0.15, 0.2) is 5.69 Å². The predicted octanol–water partition coefficient (Wildman–Crippen LogP) is 5.56. The number of halogens is 5. The zero-order valence-electron chi connectivity index (χ0n) is 20.3. The summed E-state index contributed by atoms with van der Waals surface area (Å²) in [4.78, 5) is 4.22. The second-order valence-corrected chi connectivity index (χ2v) is 10.1. The van der Waals surface area contributed by atoms with Crippen LogP contribution in [0, 0.1) is 18.7 Å². The molecule has 0 aliphatic heterocycles. The van der Waals surface area contributed by atoms with E-state index in [0.717, 1.165) is 29.7 Å². The van der Waals surface area contributed by atoms with E-state index in [9.17, 15) is 17.6 Å². The summed E-state index contributed by atoms with van der Waals surface area (Å²) in [6, 6.07) is 6.39. The van der Waals surface area contributed by atoms with E-state index in [1.165, 1.54) is 23.3 Å². The van der Waals surface area contributed by atoms with Gasteiger partial charge < -0.3 is 15.5 Å². The standard InChI is InChI=1S/C25H27BrF4N6O/c1-14-23(7-17(26)11-33-14)37-15(2)21-8-18(27)5-6-22(21)36-20(10-24(34-36)25(28,29)30)9-19(31)13-35(32)12-16-3-4-16/h5-8,10-11,13,15-16H,3-4,9,12,31-32H2,1-2H3/b19-13-/t15-/m1/s1. The number of hydrogen-bond donors (Lipinski definition) is 2. The molecule has 4 N–H and O–H groups in total. The Bertz CT molecular complexity index is 1300. The normalized spacial score (nSPS) is 15.1. The highest BCUT2D eigenvalue weighted by Crippen LogP contribution is 2.34. The number of hydrogen-bond acceptors (Lipinski definition) is 6. The lowest BCUT2D eigenvalue weighted by Crippen LogP contribution is -2.29. The van der Waals surface area contributed by atoms with Gasteiger partial charge in [0.2, 0.25) is 0 Å². The second kappa shape index (κ2) is 10.7. The van der Waals surface area contributed by atoms with Crippen LogP contribution in [0.3, 0.4) is 0 Å². The lowest BCUT2D eigenvalue weighted by molar-refractivity contribution is -0.141. The number of benzene rings is 1. The highest BCUT2D eigenvalue weighted by molar-refractivity contribution is 9.10. The van der Waals surface area contributed by atoms with Crippen molar-refractivity contribution in [3.05, 3.63) is 81.4 Å². The Morgan fingerprint density at radius 1 is 1.30 bits per heavy atom. The number of aryl methyl sites for hydroxylation is 1. The molecule has 0 amide bonds. The molecular formula is C25H27BrF4N6O. The number of nitrogens with zero attached hydrogens (tertiary/aromatic N) is 4. The van der Waals surface area contributed by atoms with Gasteiger partial charge in [-0.1, -0.05) is 0 Å². The summed E-state index contributed by atoms with van der Waals surface area (Å²) < 4.78 is 63.1. The maximum atomic E-state index is 14.3. The van der Waals surface area contributed by atoms with Crippen LogP contribution in [0.5, 0.6) is 5.75 Å². The third-order valence-electron chi connectivity index (χ3n) is 5.92. The largest absolute Gasteiger partial charge is 0.484 e. The van der Waals surface area contributed by atoms with Crippen LogP contribution in [0.15, 0.2) is 52.9 Å². The number of ether oxygens (including phenoxy) is 1. The van der Waals surface area contributed by atoms with Gasteiger partial charge in [0.25, 0.3) is 0 Å². The first-order valence-corrected chi connectivity index (χ1v) is 12.4. The van der Waals surface area contributed by atoms with E-state index >= 15 is 0 Å². The molecule has 0 bridgehead atoms. The molecule has 1 saturated carbocycles. The molecule has 0 saturated heterocycles. The van der Waals surface area contributed by atoms with Crippen LogP contribution in [-0.2, 0) is 12.6 Å². The molecule has 37 heavy (non-hydrogen) atoms. The van der Waals surface area contributed by atoms with E-state index in [4.69, 9.17) is 16.3 Å². The molecule has 1 atom stereocenters. The second-order valence-electron chi connectivity index (χ2n) is 9.15. The molecule has 1 aliphatic carbocycles. The number of rotatable bonds is 9. The summed E-state index contributed by atoms with van der Waals surface area (Å²) in [6.45, 7) is 4.04. The van der Waals surface area contributed by atoms with E-state index in [2.05, 4.69) is 26.0 Å². The number of allylic oxidation sites excluding steroid dienone is 1. The molecule has 1 aliphatic rings. The quantitative estimate of drug-likeness (QED) is 0.195. The summed E-state index contributed by atoms with van der Waals surface area (Å²) >= 11 is 3.34. The van der Waals surface area contributed by atoms with Gasteiger partial charge in [-0.2, -0.15) is 18.3 Å². The monoisotopic (exact) mass is 582 g/mol. The average molecular weight is 583 g/mol. The minimum atomic E-state index is -4.69. The molecule has 12 heteroatoms. The van der Waals surface area contributed by atoms with Crippen molar-refractivity contribution < 1.29 is 22.3 Å². The molecule has 3 aromatic rings. The van der Waals surface area contributed by atoms with Crippen LogP contribution in [0.25, 0.3) is 5.69 Å². The topological polar surface area (TPSA) is 95.2 Å². The van der Waals surface area contributed by atoms with Crippen LogP contribution >= 0.6 is 15.9 Å². The number of aromatic nitrogens is 3. The van der Waals surface area contributed by atoms with Crippen molar-refractivity contribution in [2.45, 2.75) is 45.4 Å². The third kappa shape index (κ3) is 6.80. The van der Waals surface area contributed by atoms with E-state index in [1.807, 2.05) is 0 Å². The van der Waals surface area contributed by atoms with Crippen LogP contribution in [0.4, 0.5) is 17.6 Å². The Balaban J connectivity index is 1.71. The zero-order valence-corrected chi connectivity index (χ0v) is 21.9. The van der Waals surface area contributed by atoms with Gasteiger partial charge in [-0.15, -0.1) is 0 Å². The van der Waals surface area contributed by atoms with Crippen LogP contribution in [0.2, 0.25) is 0 Å². The van der Waals surface area contributed by atoms with Crippen molar-refractivity contribution >= 4 is 15.9 Å². The van der Waals surface area contributed by atoms with Crippen molar-refractivity contribution in [3.8, 4) is 11.4 Å². The SMILES string of the molecule is Cc1ncc(Br)cc1O[C@H](C)c1cc(F)ccc1-n1nc(C(F)(F)F)cc1C/C(N)=C/N(N)CC1CC1. The van der Waals surface area contributed by atoms with Crippen LogP contribution in [0.1, 0.15) is 48.5 Å². The molecule has 2 aromatic heterocycles. The summed E-state index contributed by atoms with van der Waals surface area (Å²) in [5, 5.41) is 5.27. The third-order valence-corrected chi connectivity index (χ3v) is 6.36. The minimum absolute atomic E-state index is 0.0534. The van der Waals surface area contributed by atoms with Crippen molar-refractivity contribution in [3.63, 3.8) is 0 Å². The van der Waals surface area contributed by atoms with E-state index in [-0.39, 0.29) is 23.5 Å². The molecule has 0 spiro atoms. The highest BCUT2D eigenvalue weighted by atomic mass is 79.9. The predicted molar refractivity (Wildman–Crippen MR) is 134 cm³/mol. The average Bonchev–Trinajstić information content (AvgIpc) is 3.51. The van der Waals surface area contributed by atoms with Crippen LogP contribution in [-0.4, -0.2) is 26.3 Å². The number of nitrogens with two attached hydrogens (primary N) is 2. The molecule has 0 unspecified atom stereocenters. The molecular weight excluding hydrogens is 556 g/mol. The summed E-state index contributed by atoms with van der Waals surface area (Å²) in [5.74, 6) is 6.36. The summed E-state index contributed by atoms with van der Waals surface area (Å²) in [7, 11) is 0. The smallest absolute Gasteiger partial charge is 0.435 e. The summed E-state index contributed by atoms with van der Waals surface area (Å²) in [6.07, 6.45) is -0.187. The number of alkyl halides is 3. The number of hydrazine groups is 1. The molecule has 0 radical (unpaired) electrons. The zero-order chi connectivity index (χ0) is 26.9. The van der Waals surface area contributed by atoms with Crippen molar-refractivity contribution in [1.82, 2.24) is 19.8 Å². The first-order chi connectivity index (χ1) is 17.4. The van der Waals surface area contributed by atoms with Gasteiger partial charge in [0.1, 0.15) is 17.7 Å². The van der Waals surface area contributed by atoms with E-state index < -0.39 is 23.8 Å².